The molecule has 1 atom stereocenters. The Morgan fingerprint density at radius 1 is 1.43 bits per heavy atom. The summed E-state index contributed by atoms with van der Waals surface area (Å²) in [4.78, 5) is 13.6. The number of likely N-dealkylation sites (tertiary alicyclic amines) is 1. The van der Waals surface area contributed by atoms with Crippen molar-refractivity contribution in [3.8, 4) is 0 Å². The van der Waals surface area contributed by atoms with Crippen LogP contribution in [0.5, 0.6) is 0 Å². The van der Waals surface area contributed by atoms with Crippen LogP contribution in [0.15, 0.2) is 0 Å². The monoisotopic (exact) mass is 198 g/mol. The van der Waals surface area contributed by atoms with E-state index in [0.29, 0.717) is 0 Å². The van der Waals surface area contributed by atoms with Gasteiger partial charge in [0.1, 0.15) is 0 Å². The highest BCUT2D eigenvalue weighted by atomic mass is 16.2. The van der Waals surface area contributed by atoms with Crippen LogP contribution >= 0.6 is 0 Å². The fraction of sp³-hybridized carbons (Fsp3) is 0.909. The smallest absolute Gasteiger partial charge is 0.317 e. The van der Waals surface area contributed by atoms with Gasteiger partial charge in [-0.15, -0.1) is 0 Å². The lowest BCUT2D eigenvalue weighted by Gasteiger charge is -2.20. The van der Waals surface area contributed by atoms with Gasteiger partial charge in [0, 0.05) is 19.6 Å². The summed E-state index contributed by atoms with van der Waals surface area (Å²) in [6, 6.07) is 0.126. The summed E-state index contributed by atoms with van der Waals surface area (Å²) in [7, 11) is 0. The number of nitrogens with one attached hydrogen (secondary N) is 1. The first-order chi connectivity index (χ1) is 6.74. The maximum absolute atomic E-state index is 11.6. The number of hydrogen-bond donors (Lipinski definition) is 1. The van der Waals surface area contributed by atoms with E-state index >= 15 is 0 Å². The molecule has 3 heteroatoms. The zero-order chi connectivity index (χ0) is 10.4. The average Bonchev–Trinajstić information content (AvgIpc) is 2.39. The lowest BCUT2D eigenvalue weighted by Crippen LogP contribution is -2.40. The fourth-order valence-corrected chi connectivity index (χ4v) is 1.81. The van der Waals surface area contributed by atoms with Crippen LogP contribution in [0.2, 0.25) is 0 Å². The fourth-order valence-electron chi connectivity index (χ4n) is 1.81. The van der Waals surface area contributed by atoms with Crippen molar-refractivity contribution < 1.29 is 4.79 Å². The highest BCUT2D eigenvalue weighted by Crippen LogP contribution is 2.16. The maximum Gasteiger partial charge on any atom is 0.317 e. The molecule has 1 fully saturated rings. The van der Waals surface area contributed by atoms with E-state index in [1.54, 1.807) is 0 Å². The van der Waals surface area contributed by atoms with Gasteiger partial charge in [-0.25, -0.2) is 4.79 Å². The van der Waals surface area contributed by atoms with Gasteiger partial charge in [-0.3, -0.25) is 0 Å². The molecule has 82 valence electrons. The van der Waals surface area contributed by atoms with E-state index in [-0.39, 0.29) is 6.03 Å². The highest BCUT2D eigenvalue weighted by Gasteiger charge is 2.17. The van der Waals surface area contributed by atoms with Crippen LogP contribution in [0, 0.1) is 5.92 Å². The summed E-state index contributed by atoms with van der Waals surface area (Å²) >= 11 is 0. The summed E-state index contributed by atoms with van der Waals surface area (Å²) in [5.41, 5.74) is 0. The minimum Gasteiger partial charge on any atom is -0.338 e. The standard InChI is InChI=1S/C11H22N2O/c1-3-7-12-11(14)13-8-4-5-10(2)6-9-13/h10H,3-9H2,1-2H3,(H,12,14). The summed E-state index contributed by atoms with van der Waals surface area (Å²) in [5, 5.41) is 2.93. The van der Waals surface area contributed by atoms with E-state index in [2.05, 4.69) is 19.2 Å². The van der Waals surface area contributed by atoms with E-state index in [0.717, 1.165) is 44.8 Å². The van der Waals surface area contributed by atoms with Gasteiger partial charge in [-0.1, -0.05) is 13.8 Å². The van der Waals surface area contributed by atoms with Crippen LogP contribution in [0.4, 0.5) is 4.79 Å². The van der Waals surface area contributed by atoms with Gasteiger partial charge in [0.15, 0.2) is 0 Å². The molecule has 1 N–H and O–H groups in total. The van der Waals surface area contributed by atoms with E-state index in [4.69, 9.17) is 0 Å². The van der Waals surface area contributed by atoms with E-state index < -0.39 is 0 Å². The first-order valence-electron chi connectivity index (χ1n) is 5.76. The molecule has 0 saturated carbocycles. The van der Waals surface area contributed by atoms with Crippen LogP contribution in [-0.4, -0.2) is 30.6 Å². The Bertz CT molecular complexity index is 182. The average molecular weight is 198 g/mol. The van der Waals surface area contributed by atoms with Gasteiger partial charge in [-0.2, -0.15) is 0 Å². The van der Waals surface area contributed by atoms with Crippen molar-refractivity contribution in [2.24, 2.45) is 5.92 Å². The minimum absolute atomic E-state index is 0.126. The number of rotatable bonds is 2. The SMILES string of the molecule is CCCNC(=O)N1CCCC(C)CC1. The number of carbonyl (C=O) groups is 1. The van der Waals surface area contributed by atoms with Gasteiger partial charge >= 0.3 is 6.03 Å². The Kier molecular flexibility index (Phi) is 4.77. The summed E-state index contributed by atoms with van der Waals surface area (Å²) in [5.74, 6) is 0.777. The van der Waals surface area contributed by atoms with Crippen molar-refractivity contribution in [2.75, 3.05) is 19.6 Å². The van der Waals surface area contributed by atoms with Gasteiger partial charge in [0.2, 0.25) is 0 Å². The Hall–Kier alpha value is -0.730. The van der Waals surface area contributed by atoms with Gasteiger partial charge < -0.3 is 10.2 Å². The minimum atomic E-state index is 0.126. The quantitative estimate of drug-likeness (QED) is 0.725. The van der Waals surface area contributed by atoms with Crippen molar-refractivity contribution in [3.05, 3.63) is 0 Å². The second-order valence-corrected chi connectivity index (χ2v) is 4.26. The van der Waals surface area contributed by atoms with Crippen molar-refractivity contribution in [2.45, 2.75) is 39.5 Å². The zero-order valence-corrected chi connectivity index (χ0v) is 9.38. The second-order valence-electron chi connectivity index (χ2n) is 4.26. The number of amides is 2. The molecule has 0 bridgehead atoms. The molecule has 0 spiro atoms. The number of hydrogen-bond acceptors (Lipinski definition) is 1. The molecule has 0 aromatic heterocycles. The number of nitrogens with zero attached hydrogens (tertiary/aromatic N) is 1. The van der Waals surface area contributed by atoms with Crippen LogP contribution in [-0.2, 0) is 0 Å². The van der Waals surface area contributed by atoms with E-state index in [1.165, 1.54) is 6.42 Å². The maximum atomic E-state index is 11.6. The molecule has 1 unspecified atom stereocenters. The first kappa shape index (κ1) is 11.3. The second kappa shape index (κ2) is 5.89. The largest absolute Gasteiger partial charge is 0.338 e. The van der Waals surface area contributed by atoms with Crippen molar-refractivity contribution >= 4 is 6.03 Å². The molecular weight excluding hydrogens is 176 g/mol. The predicted molar refractivity (Wildman–Crippen MR) is 58.3 cm³/mol. The molecule has 1 rings (SSSR count). The molecule has 0 aliphatic carbocycles. The first-order valence-corrected chi connectivity index (χ1v) is 5.76. The molecule has 14 heavy (non-hydrogen) atoms. The van der Waals surface area contributed by atoms with Crippen molar-refractivity contribution in [1.29, 1.82) is 0 Å². The van der Waals surface area contributed by atoms with Gasteiger partial charge in [0.05, 0.1) is 0 Å². The number of carbonyl (C=O) groups excluding carboxylic acids is 1. The van der Waals surface area contributed by atoms with Crippen LogP contribution in [0.25, 0.3) is 0 Å². The Labute approximate surface area is 86.9 Å². The van der Waals surface area contributed by atoms with Crippen LogP contribution in [0.1, 0.15) is 39.5 Å². The number of urea groups is 1. The lowest BCUT2D eigenvalue weighted by atomic mass is 10.0. The summed E-state index contributed by atoms with van der Waals surface area (Å²) < 4.78 is 0. The van der Waals surface area contributed by atoms with Crippen LogP contribution in [0.3, 0.4) is 0 Å². The molecule has 1 aliphatic rings. The third kappa shape index (κ3) is 3.56. The molecule has 2 amide bonds. The molecule has 1 heterocycles. The van der Waals surface area contributed by atoms with Crippen LogP contribution < -0.4 is 5.32 Å². The van der Waals surface area contributed by atoms with Crippen molar-refractivity contribution in [3.63, 3.8) is 0 Å². The third-order valence-corrected chi connectivity index (χ3v) is 2.83. The Morgan fingerprint density at radius 3 is 2.93 bits per heavy atom. The summed E-state index contributed by atoms with van der Waals surface area (Å²) in [6.07, 6.45) is 4.58. The molecule has 0 aromatic rings. The van der Waals surface area contributed by atoms with Crippen molar-refractivity contribution in [1.82, 2.24) is 10.2 Å². The third-order valence-electron chi connectivity index (χ3n) is 2.83. The molecule has 1 aliphatic heterocycles. The predicted octanol–water partition coefficient (Wildman–Crippen LogP) is 2.23. The molecule has 0 radical (unpaired) electrons. The van der Waals surface area contributed by atoms with Gasteiger partial charge in [-0.05, 0) is 31.6 Å². The Balaban J connectivity index is 2.31. The van der Waals surface area contributed by atoms with Gasteiger partial charge in [0.25, 0.3) is 0 Å². The molecular formula is C11H22N2O. The molecule has 3 nitrogen and oxygen atoms in total. The highest BCUT2D eigenvalue weighted by molar-refractivity contribution is 5.74. The van der Waals surface area contributed by atoms with E-state index in [1.807, 2.05) is 4.90 Å². The normalized spacial score (nSPS) is 23.0. The zero-order valence-electron chi connectivity index (χ0n) is 9.38. The lowest BCUT2D eigenvalue weighted by molar-refractivity contribution is 0.199. The Morgan fingerprint density at radius 2 is 2.21 bits per heavy atom. The van der Waals surface area contributed by atoms with E-state index in [9.17, 15) is 4.79 Å². The molecule has 1 saturated heterocycles. The molecule has 0 aromatic carbocycles. The summed E-state index contributed by atoms with van der Waals surface area (Å²) in [6.45, 7) is 7.00. The topological polar surface area (TPSA) is 32.3 Å².